The first-order valence-corrected chi connectivity index (χ1v) is 13.3. The summed E-state index contributed by atoms with van der Waals surface area (Å²) in [6.07, 6.45) is -0.590. The second kappa shape index (κ2) is 13.0. The number of carbonyl (C=O) groups excluding carboxylic acids is 2. The van der Waals surface area contributed by atoms with E-state index in [1.165, 1.54) is 4.57 Å². The van der Waals surface area contributed by atoms with Crippen LogP contribution in [0.15, 0.2) is 65.5 Å². The predicted octanol–water partition coefficient (Wildman–Crippen LogP) is 3.63. The Balaban J connectivity index is 1.25. The molecule has 0 spiro atoms. The quantitative estimate of drug-likeness (QED) is 0.247. The number of nitrogens with one attached hydrogen (secondary N) is 5. The van der Waals surface area contributed by atoms with Crippen LogP contribution in [-0.2, 0) is 29.2 Å². The van der Waals surface area contributed by atoms with E-state index < -0.39 is 6.09 Å². The minimum atomic E-state index is -0.590. The summed E-state index contributed by atoms with van der Waals surface area (Å²) in [5.74, 6) is 0.0790. The number of anilines is 2. The average Bonchev–Trinajstić information content (AvgIpc) is 2.96. The van der Waals surface area contributed by atoms with Gasteiger partial charge in [-0.05, 0) is 35.6 Å². The third kappa shape index (κ3) is 7.28. The van der Waals surface area contributed by atoms with Crippen molar-refractivity contribution >= 4 is 29.1 Å². The van der Waals surface area contributed by atoms with Crippen LogP contribution >= 0.6 is 0 Å². The van der Waals surface area contributed by atoms with E-state index >= 15 is 0 Å². The monoisotopic (exact) mass is 544 g/mol. The molecule has 0 fully saturated rings. The van der Waals surface area contributed by atoms with E-state index in [2.05, 4.69) is 35.1 Å². The summed E-state index contributed by atoms with van der Waals surface area (Å²) in [7, 11) is 0. The van der Waals surface area contributed by atoms with Crippen LogP contribution in [0.3, 0.4) is 0 Å². The number of nitrogens with zero attached hydrogens (tertiary/aromatic N) is 1. The van der Waals surface area contributed by atoms with Gasteiger partial charge < -0.3 is 36.0 Å². The first-order valence-electron chi connectivity index (χ1n) is 13.3. The average molecular weight is 545 g/mol. The van der Waals surface area contributed by atoms with Crippen molar-refractivity contribution < 1.29 is 14.3 Å². The lowest BCUT2D eigenvalue weighted by molar-refractivity contribution is -0.121. The molecule has 0 bridgehead atoms. The predicted molar refractivity (Wildman–Crippen MR) is 156 cm³/mol. The van der Waals surface area contributed by atoms with Crippen LogP contribution < -0.4 is 26.8 Å². The molecule has 40 heavy (non-hydrogen) atoms. The molecule has 0 saturated heterocycles. The van der Waals surface area contributed by atoms with E-state index in [1.54, 1.807) is 12.1 Å². The summed E-state index contributed by atoms with van der Waals surface area (Å²) in [6.45, 7) is 7.14. The summed E-state index contributed by atoms with van der Waals surface area (Å²) in [5, 5.41) is 20.3. The zero-order valence-corrected chi connectivity index (χ0v) is 23.0. The maximum atomic E-state index is 13.1. The molecule has 1 aliphatic heterocycles. The molecular formula is C30H36N6O4. The van der Waals surface area contributed by atoms with Gasteiger partial charge >= 0.3 is 6.09 Å². The van der Waals surface area contributed by atoms with E-state index in [0.717, 1.165) is 23.4 Å². The molecule has 10 heteroatoms. The van der Waals surface area contributed by atoms with E-state index in [4.69, 9.17) is 10.1 Å². The van der Waals surface area contributed by atoms with Crippen LogP contribution in [-0.4, -0.2) is 41.4 Å². The minimum Gasteiger partial charge on any atom is -0.445 e. The van der Waals surface area contributed by atoms with Gasteiger partial charge in [-0.1, -0.05) is 68.4 Å². The van der Waals surface area contributed by atoms with Crippen molar-refractivity contribution in [3.63, 3.8) is 0 Å². The van der Waals surface area contributed by atoms with Gasteiger partial charge in [-0.15, -0.1) is 0 Å². The highest BCUT2D eigenvalue weighted by atomic mass is 16.5. The van der Waals surface area contributed by atoms with Crippen LogP contribution in [0.25, 0.3) is 0 Å². The van der Waals surface area contributed by atoms with Crippen LogP contribution in [0.5, 0.6) is 0 Å². The first kappa shape index (κ1) is 28.4. The number of ether oxygens (including phenoxy) is 1. The number of amides is 2. The number of benzene rings is 2. The standard InChI is InChI=1S/C30H36N6O4/c1-19(2)26-16-32-25-13-20(3)36(29(38)28(25)35-26)17-27(37)33-14-21-9-11-23(12-10-21)24(31)15-34-30(39)40-18-22-7-5-4-6-8-22/h4-13,19,26,31-32,35H,14-18H2,1-3H3,(H,33,37)(H,34,39). The molecule has 0 aliphatic carbocycles. The number of hydrogen-bond acceptors (Lipinski definition) is 7. The Morgan fingerprint density at radius 3 is 2.50 bits per heavy atom. The smallest absolute Gasteiger partial charge is 0.407 e. The Morgan fingerprint density at radius 2 is 1.80 bits per heavy atom. The molecule has 4 rings (SSSR count). The molecule has 210 valence electrons. The molecule has 1 atom stereocenters. The highest BCUT2D eigenvalue weighted by Gasteiger charge is 2.24. The lowest BCUT2D eigenvalue weighted by Gasteiger charge is -2.31. The molecule has 2 amide bonds. The number of hydrogen-bond donors (Lipinski definition) is 5. The van der Waals surface area contributed by atoms with Crippen molar-refractivity contribution in [3.8, 4) is 0 Å². The number of carbonyl (C=O) groups is 2. The van der Waals surface area contributed by atoms with Gasteiger partial charge in [0.15, 0.2) is 0 Å². The number of alkyl carbamates (subject to hydrolysis) is 1. The highest BCUT2D eigenvalue weighted by molar-refractivity contribution is 6.00. The van der Waals surface area contributed by atoms with Gasteiger partial charge in [-0.3, -0.25) is 9.59 Å². The fraction of sp³-hybridized carbons (Fsp3) is 0.333. The van der Waals surface area contributed by atoms with Crippen LogP contribution in [0, 0.1) is 18.3 Å². The molecule has 1 aromatic heterocycles. The zero-order chi connectivity index (χ0) is 28.6. The highest BCUT2D eigenvalue weighted by Crippen LogP contribution is 2.25. The van der Waals surface area contributed by atoms with Crippen LogP contribution in [0.4, 0.5) is 16.2 Å². The molecule has 5 N–H and O–H groups in total. The van der Waals surface area contributed by atoms with Gasteiger partial charge in [0.25, 0.3) is 5.56 Å². The van der Waals surface area contributed by atoms with Crippen molar-refractivity contribution in [1.29, 1.82) is 5.41 Å². The van der Waals surface area contributed by atoms with Crippen molar-refractivity contribution in [2.24, 2.45) is 5.92 Å². The van der Waals surface area contributed by atoms with Crippen LogP contribution in [0.2, 0.25) is 0 Å². The van der Waals surface area contributed by atoms with E-state index in [1.807, 2.05) is 55.5 Å². The van der Waals surface area contributed by atoms with Gasteiger partial charge in [-0.2, -0.15) is 0 Å². The number of aromatic nitrogens is 1. The topological polar surface area (TPSA) is 137 Å². The fourth-order valence-electron chi connectivity index (χ4n) is 4.36. The lowest BCUT2D eigenvalue weighted by atomic mass is 10.0. The number of pyridine rings is 1. The van der Waals surface area contributed by atoms with Crippen LogP contribution in [0.1, 0.15) is 36.2 Å². The van der Waals surface area contributed by atoms with Gasteiger partial charge in [0, 0.05) is 24.8 Å². The largest absolute Gasteiger partial charge is 0.445 e. The summed E-state index contributed by atoms with van der Waals surface area (Å²) < 4.78 is 6.65. The van der Waals surface area contributed by atoms with Gasteiger partial charge in [0.1, 0.15) is 18.8 Å². The third-order valence-electron chi connectivity index (χ3n) is 6.87. The molecule has 2 heterocycles. The van der Waals surface area contributed by atoms with Crippen molar-refractivity contribution in [2.75, 3.05) is 23.7 Å². The summed E-state index contributed by atoms with van der Waals surface area (Å²) >= 11 is 0. The SMILES string of the molecule is Cc1cc2c(c(=O)n1CC(=O)NCc1ccc(C(=N)CNC(=O)OCc3ccccc3)cc1)NC(C(C)C)CN2. The summed E-state index contributed by atoms with van der Waals surface area (Å²) in [4.78, 5) is 37.8. The lowest BCUT2D eigenvalue weighted by Crippen LogP contribution is -2.42. The normalized spacial score (nSPS) is 13.9. The number of aryl methyl sites for hydroxylation is 1. The minimum absolute atomic E-state index is 0.0286. The molecule has 1 unspecified atom stereocenters. The second-order valence-corrected chi connectivity index (χ2v) is 10.2. The van der Waals surface area contributed by atoms with Gasteiger partial charge in [0.05, 0.1) is 17.9 Å². The molecular weight excluding hydrogens is 508 g/mol. The fourth-order valence-corrected chi connectivity index (χ4v) is 4.36. The van der Waals surface area contributed by atoms with Gasteiger partial charge in [0.2, 0.25) is 5.91 Å². The van der Waals surface area contributed by atoms with Crippen molar-refractivity contribution in [2.45, 2.75) is 46.5 Å². The summed E-state index contributed by atoms with van der Waals surface area (Å²) in [6, 6.07) is 18.6. The Bertz CT molecular complexity index is 1420. The van der Waals surface area contributed by atoms with E-state index in [-0.39, 0.29) is 49.5 Å². The molecule has 2 aromatic carbocycles. The van der Waals surface area contributed by atoms with Gasteiger partial charge in [-0.25, -0.2) is 4.79 Å². The third-order valence-corrected chi connectivity index (χ3v) is 6.87. The van der Waals surface area contributed by atoms with E-state index in [0.29, 0.717) is 22.9 Å². The Kier molecular flexibility index (Phi) is 9.21. The maximum Gasteiger partial charge on any atom is 0.407 e. The molecule has 10 nitrogen and oxygen atoms in total. The van der Waals surface area contributed by atoms with E-state index in [9.17, 15) is 14.4 Å². The first-order chi connectivity index (χ1) is 19.2. The second-order valence-electron chi connectivity index (χ2n) is 10.2. The Hall–Kier alpha value is -4.60. The summed E-state index contributed by atoms with van der Waals surface area (Å²) in [5.41, 5.74) is 4.36. The molecule has 0 radical (unpaired) electrons. The molecule has 1 aliphatic rings. The van der Waals surface area contributed by atoms with Crippen molar-refractivity contribution in [3.05, 3.63) is 93.4 Å². The Morgan fingerprint density at radius 1 is 1.07 bits per heavy atom. The molecule has 3 aromatic rings. The molecule has 0 saturated carbocycles. The maximum absolute atomic E-state index is 13.1. The Labute approximate surface area is 233 Å². The van der Waals surface area contributed by atoms with Crippen molar-refractivity contribution in [1.82, 2.24) is 15.2 Å². The number of rotatable bonds is 10. The zero-order valence-electron chi connectivity index (χ0n) is 23.0. The number of fused-ring (bicyclic) bond motifs is 1.